The van der Waals surface area contributed by atoms with Gasteiger partial charge in [-0.05, 0) is 24.3 Å². The highest BCUT2D eigenvalue weighted by Crippen LogP contribution is 2.23. The number of aryl methyl sites for hydroxylation is 1. The summed E-state index contributed by atoms with van der Waals surface area (Å²) in [6, 6.07) is 15.8. The fourth-order valence-electron chi connectivity index (χ4n) is 2.92. The summed E-state index contributed by atoms with van der Waals surface area (Å²) in [7, 11) is 3.55. The number of fused-ring (bicyclic) bond motifs is 2. The van der Waals surface area contributed by atoms with Gasteiger partial charge in [-0.15, -0.1) is 0 Å². The average molecular weight is 349 g/mol. The normalized spacial score (nSPS) is 11.2. The predicted octanol–water partition coefficient (Wildman–Crippen LogP) is 2.09. The lowest BCUT2D eigenvalue weighted by molar-refractivity contribution is 0.265. The summed E-state index contributed by atoms with van der Waals surface area (Å²) >= 11 is 0. The molecule has 0 aliphatic carbocycles. The van der Waals surface area contributed by atoms with Crippen molar-refractivity contribution in [3.63, 3.8) is 0 Å². The third-order valence-electron chi connectivity index (χ3n) is 4.29. The topological polar surface area (TPSA) is 98.0 Å². The van der Waals surface area contributed by atoms with Crippen LogP contribution in [0.4, 0.5) is 0 Å². The molecule has 0 amide bonds. The molecule has 3 N–H and O–H groups in total. The first-order valence-electron chi connectivity index (χ1n) is 8.14. The summed E-state index contributed by atoms with van der Waals surface area (Å²) in [5, 5.41) is 9.48. The first-order valence-corrected chi connectivity index (χ1v) is 8.14. The monoisotopic (exact) mass is 349 g/mol. The van der Waals surface area contributed by atoms with E-state index in [4.69, 9.17) is 16.0 Å². The summed E-state index contributed by atoms with van der Waals surface area (Å²) in [6.45, 7) is 0.232. The number of imidazole rings is 2. The number of hydrogen-bond donors (Lipinski definition) is 2. The van der Waals surface area contributed by atoms with Gasteiger partial charge in [0.05, 0.1) is 22.1 Å². The zero-order chi connectivity index (χ0) is 18.3. The Bertz CT molecular complexity index is 1110. The fourth-order valence-corrected chi connectivity index (χ4v) is 2.92. The van der Waals surface area contributed by atoms with Crippen molar-refractivity contribution in [2.24, 2.45) is 12.9 Å². The predicted molar refractivity (Wildman–Crippen MR) is 99.9 cm³/mol. The summed E-state index contributed by atoms with van der Waals surface area (Å²) in [5.74, 6) is 6.60. The number of ether oxygens (including phenoxy) is 1. The van der Waals surface area contributed by atoms with E-state index in [-0.39, 0.29) is 12.6 Å². The molecule has 0 saturated heterocycles. The maximum atomic E-state index is 8.26. The van der Waals surface area contributed by atoms with Crippen LogP contribution in [0.3, 0.4) is 0 Å². The lowest BCUT2D eigenvalue weighted by Gasteiger charge is -2.16. The number of para-hydroxylation sites is 4. The van der Waals surface area contributed by atoms with Crippen molar-refractivity contribution in [3.05, 3.63) is 54.4 Å². The van der Waals surface area contributed by atoms with Crippen LogP contribution in [0.25, 0.3) is 22.1 Å². The van der Waals surface area contributed by atoms with E-state index in [1.807, 2.05) is 60.1 Å². The Morgan fingerprint density at radius 2 is 1.69 bits per heavy atom. The molecule has 4 rings (SSSR count). The molecule has 8 nitrogen and oxygen atoms in total. The van der Waals surface area contributed by atoms with Crippen molar-refractivity contribution in [2.45, 2.75) is 6.61 Å². The minimum absolute atomic E-state index is 0.0682. The Morgan fingerprint density at radius 3 is 2.35 bits per heavy atom. The van der Waals surface area contributed by atoms with E-state index in [0.717, 1.165) is 27.9 Å². The van der Waals surface area contributed by atoms with Gasteiger partial charge in [-0.1, -0.05) is 24.3 Å². The molecule has 0 bridgehead atoms. The van der Waals surface area contributed by atoms with Gasteiger partial charge in [-0.3, -0.25) is 10.4 Å². The number of rotatable bonds is 3. The van der Waals surface area contributed by atoms with Crippen molar-refractivity contribution >= 4 is 28.0 Å². The van der Waals surface area contributed by atoms with E-state index in [9.17, 15) is 0 Å². The Kier molecular flexibility index (Phi) is 3.81. The molecule has 0 unspecified atom stereocenters. The lowest BCUT2D eigenvalue weighted by Crippen LogP contribution is -2.37. The smallest absolute Gasteiger partial charge is 0.304 e. The third-order valence-corrected chi connectivity index (χ3v) is 4.29. The van der Waals surface area contributed by atoms with Gasteiger partial charge in [-0.2, -0.15) is 4.98 Å². The zero-order valence-electron chi connectivity index (χ0n) is 14.5. The first kappa shape index (κ1) is 16.1. The summed E-state index contributed by atoms with van der Waals surface area (Å²) < 4.78 is 9.51. The van der Waals surface area contributed by atoms with Crippen molar-refractivity contribution in [1.82, 2.24) is 24.1 Å². The maximum Gasteiger partial charge on any atom is 0.304 e. The van der Waals surface area contributed by atoms with Crippen LogP contribution in [0.15, 0.2) is 48.5 Å². The van der Waals surface area contributed by atoms with Crippen LogP contribution in [0.2, 0.25) is 0 Å². The molecule has 0 radical (unpaired) electrons. The first-order chi connectivity index (χ1) is 12.6. The van der Waals surface area contributed by atoms with Gasteiger partial charge in [0.1, 0.15) is 12.4 Å². The standard InChI is InChI=1S/C18H19N7O/c1-23-14-9-5-3-7-12(14)21-16(23)11-26-18-22-13-8-4-6-10-15(13)25(18)17(19)24(2)20/h3-10,19H,11,20H2,1-2H3. The van der Waals surface area contributed by atoms with Gasteiger partial charge < -0.3 is 9.30 Å². The second-order valence-corrected chi connectivity index (χ2v) is 6.02. The molecule has 8 heteroatoms. The molecular weight excluding hydrogens is 330 g/mol. The number of nitrogens with one attached hydrogen (secondary N) is 1. The number of nitrogens with two attached hydrogens (primary N) is 1. The molecule has 0 aliphatic heterocycles. The van der Waals surface area contributed by atoms with Crippen molar-refractivity contribution in [2.75, 3.05) is 7.05 Å². The van der Waals surface area contributed by atoms with Crippen LogP contribution in [0.1, 0.15) is 5.82 Å². The van der Waals surface area contributed by atoms with E-state index >= 15 is 0 Å². The number of nitrogens with zero attached hydrogens (tertiary/aromatic N) is 5. The molecule has 0 atom stereocenters. The summed E-state index contributed by atoms with van der Waals surface area (Å²) in [5.41, 5.74) is 3.44. The molecule has 0 spiro atoms. The van der Waals surface area contributed by atoms with Crippen LogP contribution in [0.5, 0.6) is 6.01 Å². The average Bonchev–Trinajstić information content (AvgIpc) is 3.17. The van der Waals surface area contributed by atoms with Crippen LogP contribution < -0.4 is 10.6 Å². The van der Waals surface area contributed by atoms with Crippen molar-refractivity contribution < 1.29 is 4.74 Å². The molecule has 0 aliphatic rings. The number of benzene rings is 2. The van der Waals surface area contributed by atoms with Gasteiger partial charge in [0, 0.05) is 14.1 Å². The number of aromatic nitrogens is 4. The molecule has 0 saturated carbocycles. The van der Waals surface area contributed by atoms with Gasteiger partial charge >= 0.3 is 6.01 Å². The van der Waals surface area contributed by atoms with E-state index in [0.29, 0.717) is 6.01 Å². The summed E-state index contributed by atoms with van der Waals surface area (Å²) in [4.78, 5) is 9.10. The van der Waals surface area contributed by atoms with E-state index in [1.54, 1.807) is 11.6 Å². The molecule has 132 valence electrons. The second-order valence-electron chi connectivity index (χ2n) is 6.02. The molecular formula is C18H19N7O. The largest absolute Gasteiger partial charge is 0.456 e. The molecule has 4 aromatic rings. The molecule has 2 aromatic carbocycles. The van der Waals surface area contributed by atoms with Gasteiger partial charge in [-0.25, -0.2) is 15.4 Å². The Labute approximate surface area is 149 Å². The minimum Gasteiger partial charge on any atom is -0.456 e. The Hall–Kier alpha value is -3.39. The molecule has 26 heavy (non-hydrogen) atoms. The van der Waals surface area contributed by atoms with Gasteiger partial charge in [0.2, 0.25) is 5.96 Å². The summed E-state index contributed by atoms with van der Waals surface area (Å²) in [6.07, 6.45) is 0. The molecule has 2 heterocycles. The van der Waals surface area contributed by atoms with E-state index in [2.05, 4.69) is 9.97 Å². The Morgan fingerprint density at radius 1 is 1.08 bits per heavy atom. The number of hydrazine groups is 1. The zero-order valence-corrected chi connectivity index (χ0v) is 14.5. The Balaban J connectivity index is 1.71. The van der Waals surface area contributed by atoms with E-state index in [1.165, 1.54) is 5.01 Å². The number of hydrogen-bond acceptors (Lipinski definition) is 5. The van der Waals surface area contributed by atoms with Crippen LogP contribution in [0, 0.1) is 5.41 Å². The van der Waals surface area contributed by atoms with E-state index < -0.39 is 0 Å². The lowest BCUT2D eigenvalue weighted by atomic mass is 10.3. The highest BCUT2D eigenvalue weighted by Gasteiger charge is 2.18. The van der Waals surface area contributed by atoms with Crippen LogP contribution in [-0.4, -0.2) is 37.1 Å². The van der Waals surface area contributed by atoms with Crippen LogP contribution in [-0.2, 0) is 13.7 Å². The van der Waals surface area contributed by atoms with Gasteiger partial charge in [0.15, 0.2) is 0 Å². The van der Waals surface area contributed by atoms with Crippen LogP contribution >= 0.6 is 0 Å². The molecule has 0 fully saturated rings. The highest BCUT2D eigenvalue weighted by atomic mass is 16.5. The van der Waals surface area contributed by atoms with Crippen molar-refractivity contribution in [3.8, 4) is 6.01 Å². The molecule has 2 aromatic heterocycles. The van der Waals surface area contributed by atoms with Gasteiger partial charge in [0.25, 0.3) is 0 Å². The highest BCUT2D eigenvalue weighted by molar-refractivity contribution is 5.91. The maximum absolute atomic E-state index is 8.26. The second kappa shape index (κ2) is 6.16. The van der Waals surface area contributed by atoms with Crippen molar-refractivity contribution in [1.29, 1.82) is 5.41 Å². The fraction of sp³-hybridized carbons (Fsp3) is 0.167. The quantitative estimate of drug-likeness (QED) is 0.255. The third kappa shape index (κ3) is 2.56. The SMILES string of the molecule is CN(N)C(=N)n1c(OCc2nc3ccccc3n2C)nc2ccccc21. The minimum atomic E-state index is 0.0682.